The van der Waals surface area contributed by atoms with E-state index in [1.807, 2.05) is 24.3 Å². The predicted molar refractivity (Wildman–Crippen MR) is 102 cm³/mol. The lowest BCUT2D eigenvalue weighted by molar-refractivity contribution is -0.115. The van der Waals surface area contributed by atoms with E-state index in [9.17, 15) is 4.79 Å². The molecule has 3 rings (SSSR count). The van der Waals surface area contributed by atoms with Crippen LogP contribution in [-0.2, 0) is 4.79 Å². The molecule has 126 valence electrons. The van der Waals surface area contributed by atoms with E-state index in [0.717, 1.165) is 11.0 Å². The molecular formula is C17H11Cl3N4O. The Kier molecular flexibility index (Phi) is 5.38. The van der Waals surface area contributed by atoms with Gasteiger partial charge in [0.15, 0.2) is 0 Å². The second kappa shape index (κ2) is 7.70. The van der Waals surface area contributed by atoms with E-state index in [4.69, 9.17) is 34.8 Å². The minimum atomic E-state index is -0.406. The van der Waals surface area contributed by atoms with Gasteiger partial charge in [0, 0.05) is 11.1 Å². The van der Waals surface area contributed by atoms with Gasteiger partial charge < -0.3 is 0 Å². The summed E-state index contributed by atoms with van der Waals surface area (Å²) in [5, 5.41) is 0.992. The van der Waals surface area contributed by atoms with Gasteiger partial charge in [-0.1, -0.05) is 46.9 Å². The molecule has 0 spiro atoms. The third-order valence-corrected chi connectivity index (χ3v) is 4.00. The van der Waals surface area contributed by atoms with Crippen LogP contribution in [0.25, 0.3) is 17.1 Å². The zero-order chi connectivity index (χ0) is 17.8. The van der Waals surface area contributed by atoms with Crippen molar-refractivity contribution in [1.82, 2.24) is 15.4 Å². The van der Waals surface area contributed by atoms with Crippen LogP contribution in [0.4, 0.5) is 5.69 Å². The lowest BCUT2D eigenvalue weighted by Gasteiger charge is -2.10. The fourth-order valence-electron chi connectivity index (χ4n) is 2.04. The fraction of sp³-hybridized carbons (Fsp3) is 0. The van der Waals surface area contributed by atoms with Gasteiger partial charge in [-0.2, -0.15) is 0 Å². The fourth-order valence-corrected chi connectivity index (χ4v) is 2.95. The summed E-state index contributed by atoms with van der Waals surface area (Å²) in [6, 6.07) is 10.5. The molecule has 2 aromatic carbocycles. The molecule has 0 aliphatic heterocycles. The first-order chi connectivity index (χ1) is 12.0. The van der Waals surface area contributed by atoms with Gasteiger partial charge in [0.2, 0.25) is 0 Å². The Labute approximate surface area is 158 Å². The maximum Gasteiger partial charge on any atom is 0.262 e. The highest BCUT2D eigenvalue weighted by Crippen LogP contribution is 2.33. The van der Waals surface area contributed by atoms with E-state index in [-0.39, 0.29) is 0 Å². The Hall–Kier alpha value is -2.34. The zero-order valence-electron chi connectivity index (χ0n) is 12.6. The summed E-state index contributed by atoms with van der Waals surface area (Å²) in [6.07, 6.45) is 4.47. The van der Waals surface area contributed by atoms with Gasteiger partial charge in [-0.15, -0.1) is 0 Å². The van der Waals surface area contributed by atoms with Crippen LogP contribution in [0.2, 0.25) is 15.1 Å². The number of para-hydroxylation sites is 2. The van der Waals surface area contributed by atoms with E-state index in [2.05, 4.69) is 20.8 Å². The zero-order valence-corrected chi connectivity index (χ0v) is 14.9. The van der Waals surface area contributed by atoms with Crippen molar-refractivity contribution in [3.8, 4) is 0 Å². The number of hydrazine groups is 1. The number of hydrogen-bond acceptors (Lipinski definition) is 4. The Bertz CT molecular complexity index is 952. The summed E-state index contributed by atoms with van der Waals surface area (Å²) in [5.41, 5.74) is 7.61. The van der Waals surface area contributed by atoms with Crippen molar-refractivity contribution in [3.05, 3.63) is 69.4 Å². The molecule has 1 aromatic heterocycles. The van der Waals surface area contributed by atoms with Crippen LogP contribution in [0.3, 0.4) is 0 Å². The molecule has 0 aliphatic rings. The van der Waals surface area contributed by atoms with Gasteiger partial charge in [-0.25, -0.2) is 4.98 Å². The number of nitrogens with zero attached hydrogens (tertiary/aromatic N) is 2. The van der Waals surface area contributed by atoms with Crippen molar-refractivity contribution in [2.75, 3.05) is 5.43 Å². The van der Waals surface area contributed by atoms with E-state index in [1.54, 1.807) is 12.3 Å². The van der Waals surface area contributed by atoms with Crippen molar-refractivity contribution in [2.45, 2.75) is 0 Å². The molecule has 2 N–H and O–H groups in total. The summed E-state index contributed by atoms with van der Waals surface area (Å²) in [7, 11) is 0. The number of aromatic nitrogens is 2. The van der Waals surface area contributed by atoms with Crippen LogP contribution in [0.15, 0.2) is 48.7 Å². The third-order valence-electron chi connectivity index (χ3n) is 3.19. The number of anilines is 1. The molecule has 0 unspecified atom stereocenters. The number of carbonyl (C=O) groups excluding carboxylic acids is 1. The number of amides is 1. The van der Waals surface area contributed by atoms with Crippen LogP contribution in [-0.4, -0.2) is 15.9 Å². The molecule has 25 heavy (non-hydrogen) atoms. The summed E-state index contributed by atoms with van der Waals surface area (Å²) in [4.78, 5) is 20.6. The second-order valence-electron chi connectivity index (χ2n) is 4.98. The van der Waals surface area contributed by atoms with Crippen molar-refractivity contribution in [1.29, 1.82) is 0 Å². The van der Waals surface area contributed by atoms with Gasteiger partial charge in [-0.05, 0) is 30.3 Å². The largest absolute Gasteiger partial charge is 0.295 e. The topological polar surface area (TPSA) is 66.9 Å². The monoisotopic (exact) mass is 392 g/mol. The SMILES string of the molecule is O=C(/C=C/c1cnc2ccccc2n1)NNc1c(Cl)cc(Cl)cc1Cl. The molecule has 0 fully saturated rings. The van der Waals surface area contributed by atoms with E-state index >= 15 is 0 Å². The van der Waals surface area contributed by atoms with Gasteiger partial charge >= 0.3 is 0 Å². The lowest BCUT2D eigenvalue weighted by atomic mass is 10.3. The maximum absolute atomic E-state index is 11.9. The van der Waals surface area contributed by atoms with Crippen molar-refractivity contribution in [2.24, 2.45) is 0 Å². The van der Waals surface area contributed by atoms with Crippen molar-refractivity contribution < 1.29 is 4.79 Å². The molecule has 8 heteroatoms. The van der Waals surface area contributed by atoms with E-state index < -0.39 is 5.91 Å². The first kappa shape index (κ1) is 17.5. The number of fused-ring (bicyclic) bond motifs is 1. The Morgan fingerprint density at radius 1 is 1.04 bits per heavy atom. The van der Waals surface area contributed by atoms with Crippen molar-refractivity contribution >= 4 is 63.5 Å². The molecule has 0 atom stereocenters. The van der Waals surface area contributed by atoms with Crippen LogP contribution < -0.4 is 10.9 Å². The highest BCUT2D eigenvalue weighted by atomic mass is 35.5. The minimum absolute atomic E-state index is 0.294. The number of halogens is 3. The Balaban J connectivity index is 1.66. The predicted octanol–water partition coefficient (Wildman–Crippen LogP) is 4.75. The van der Waals surface area contributed by atoms with Crippen LogP contribution >= 0.6 is 34.8 Å². The molecule has 3 aromatic rings. The van der Waals surface area contributed by atoms with Crippen molar-refractivity contribution in [3.63, 3.8) is 0 Å². The highest BCUT2D eigenvalue weighted by Gasteiger charge is 2.08. The van der Waals surface area contributed by atoms with Gasteiger partial charge in [0.25, 0.3) is 5.91 Å². The quantitative estimate of drug-likeness (QED) is 0.496. The first-order valence-corrected chi connectivity index (χ1v) is 8.27. The molecule has 5 nitrogen and oxygen atoms in total. The number of benzene rings is 2. The van der Waals surface area contributed by atoms with Crippen LogP contribution in [0.1, 0.15) is 5.69 Å². The van der Waals surface area contributed by atoms with E-state index in [0.29, 0.717) is 26.4 Å². The standard InChI is InChI=1S/C17H11Cl3N4O/c18-10-7-12(19)17(13(20)8-10)24-23-16(25)6-5-11-9-21-14-3-1-2-4-15(14)22-11/h1-9,24H,(H,23,25)/b6-5+. The Morgan fingerprint density at radius 3 is 2.44 bits per heavy atom. The second-order valence-corrected chi connectivity index (χ2v) is 6.23. The first-order valence-electron chi connectivity index (χ1n) is 7.13. The molecule has 0 bridgehead atoms. The van der Waals surface area contributed by atoms with Gasteiger partial charge in [0.05, 0.1) is 38.7 Å². The number of rotatable bonds is 4. The Morgan fingerprint density at radius 2 is 1.72 bits per heavy atom. The molecule has 1 amide bonds. The lowest BCUT2D eigenvalue weighted by Crippen LogP contribution is -2.27. The smallest absolute Gasteiger partial charge is 0.262 e. The summed E-state index contributed by atoms with van der Waals surface area (Å²) >= 11 is 17.9. The summed E-state index contributed by atoms with van der Waals surface area (Å²) in [5.74, 6) is -0.406. The number of hydrogen-bond donors (Lipinski definition) is 2. The molecular weight excluding hydrogens is 383 g/mol. The summed E-state index contributed by atoms with van der Waals surface area (Å²) in [6.45, 7) is 0. The van der Waals surface area contributed by atoms with Gasteiger partial charge in [0.1, 0.15) is 0 Å². The molecule has 0 radical (unpaired) electrons. The average molecular weight is 394 g/mol. The molecule has 0 saturated heterocycles. The normalized spacial score (nSPS) is 11.0. The van der Waals surface area contributed by atoms with E-state index in [1.165, 1.54) is 18.2 Å². The third kappa shape index (κ3) is 4.39. The minimum Gasteiger partial charge on any atom is -0.295 e. The number of nitrogens with one attached hydrogen (secondary N) is 2. The molecule has 1 heterocycles. The van der Waals surface area contributed by atoms with Gasteiger partial charge in [-0.3, -0.25) is 20.6 Å². The average Bonchev–Trinajstić information content (AvgIpc) is 2.59. The van der Waals surface area contributed by atoms with Crippen LogP contribution in [0, 0.1) is 0 Å². The maximum atomic E-state index is 11.9. The summed E-state index contributed by atoms with van der Waals surface area (Å²) < 4.78 is 0. The molecule has 0 aliphatic carbocycles. The molecule has 0 saturated carbocycles. The van der Waals surface area contributed by atoms with Crippen LogP contribution in [0.5, 0.6) is 0 Å². The number of carbonyl (C=O) groups is 1. The highest BCUT2D eigenvalue weighted by molar-refractivity contribution is 6.41.